The van der Waals surface area contributed by atoms with Crippen molar-refractivity contribution in [1.82, 2.24) is 0 Å². The zero-order chi connectivity index (χ0) is 18.2. The Kier molecular flexibility index (Phi) is 5.28. The van der Waals surface area contributed by atoms with Crippen LogP contribution in [0.25, 0.3) is 0 Å². The highest BCUT2D eigenvalue weighted by molar-refractivity contribution is 7.85. The fourth-order valence-electron chi connectivity index (χ4n) is 4.54. The number of fused-ring (bicyclic) bond motifs is 3. The molecule has 6 atom stereocenters. The number of ether oxygens (including phenoxy) is 2. The number of hydrogen-bond acceptors (Lipinski definition) is 4. The van der Waals surface area contributed by atoms with Crippen molar-refractivity contribution in [2.24, 2.45) is 17.8 Å². The number of hydrogen-bond donors (Lipinski definition) is 0. The van der Waals surface area contributed by atoms with Gasteiger partial charge in [0.1, 0.15) is 12.4 Å². The lowest BCUT2D eigenvalue weighted by Crippen LogP contribution is -2.65. The Balaban J connectivity index is 1.98. The van der Waals surface area contributed by atoms with Crippen LogP contribution in [0.15, 0.2) is 47.4 Å². The first kappa shape index (κ1) is 18.5. The van der Waals surface area contributed by atoms with Crippen LogP contribution in [0.2, 0.25) is 0 Å². The molecule has 0 heterocycles. The van der Waals surface area contributed by atoms with Gasteiger partial charge in [0, 0.05) is 29.1 Å². The summed E-state index contributed by atoms with van der Waals surface area (Å²) in [6.45, 7) is 8.04. The molecule has 25 heavy (non-hydrogen) atoms. The van der Waals surface area contributed by atoms with Crippen molar-refractivity contribution in [3.8, 4) is 0 Å². The predicted octanol–water partition coefficient (Wildman–Crippen LogP) is 3.34. The Bertz CT molecular complexity index is 686. The van der Waals surface area contributed by atoms with Gasteiger partial charge >= 0.3 is 0 Å². The smallest absolute Gasteiger partial charge is 0.168 e. The Morgan fingerprint density at radius 3 is 2.64 bits per heavy atom. The van der Waals surface area contributed by atoms with E-state index in [1.807, 2.05) is 44.2 Å². The summed E-state index contributed by atoms with van der Waals surface area (Å²) in [5.41, 5.74) is -0.0178. The van der Waals surface area contributed by atoms with E-state index in [4.69, 9.17) is 9.47 Å². The van der Waals surface area contributed by atoms with Gasteiger partial charge in [-0.3, -0.25) is 9.00 Å². The van der Waals surface area contributed by atoms with Crippen LogP contribution in [0, 0.1) is 17.8 Å². The fourth-order valence-corrected chi connectivity index (χ4v) is 6.38. The highest BCUT2D eigenvalue weighted by atomic mass is 32.2. The summed E-state index contributed by atoms with van der Waals surface area (Å²) in [4.78, 5) is 13.9. The lowest BCUT2D eigenvalue weighted by atomic mass is 9.55. The Labute approximate surface area is 152 Å². The first-order chi connectivity index (χ1) is 11.9. The van der Waals surface area contributed by atoms with E-state index in [0.717, 1.165) is 16.9 Å². The van der Waals surface area contributed by atoms with Crippen molar-refractivity contribution in [2.45, 2.75) is 42.4 Å². The lowest BCUT2D eigenvalue weighted by molar-refractivity contribution is -0.200. The third kappa shape index (κ3) is 3.03. The zero-order valence-corrected chi connectivity index (χ0v) is 15.9. The number of rotatable bonds is 6. The van der Waals surface area contributed by atoms with Crippen molar-refractivity contribution in [3.63, 3.8) is 0 Å². The van der Waals surface area contributed by atoms with Gasteiger partial charge in [0.25, 0.3) is 0 Å². The molecule has 1 aromatic carbocycles. The van der Waals surface area contributed by atoms with Crippen molar-refractivity contribution in [1.29, 1.82) is 0 Å². The molecule has 3 saturated carbocycles. The molecule has 0 N–H and O–H groups in total. The Hall–Kier alpha value is -1.30. The molecular weight excluding hydrogens is 336 g/mol. The molecule has 2 bridgehead atoms. The number of methoxy groups -OCH3 is 1. The van der Waals surface area contributed by atoms with E-state index < -0.39 is 16.4 Å². The number of carbonyl (C=O) groups is 1. The van der Waals surface area contributed by atoms with Gasteiger partial charge in [0.05, 0.1) is 10.8 Å². The molecule has 0 saturated heterocycles. The van der Waals surface area contributed by atoms with Crippen LogP contribution in [0.5, 0.6) is 0 Å². The largest absolute Gasteiger partial charge is 0.359 e. The summed E-state index contributed by atoms with van der Waals surface area (Å²) in [7, 11) is 0.383. The van der Waals surface area contributed by atoms with E-state index in [1.54, 1.807) is 7.11 Å². The van der Waals surface area contributed by atoms with Gasteiger partial charge in [-0.15, -0.1) is 0 Å². The minimum atomic E-state index is -1.17. The first-order valence-electron chi connectivity index (χ1n) is 8.70. The Morgan fingerprint density at radius 1 is 1.36 bits per heavy atom. The molecule has 3 aliphatic rings. The molecule has 0 aromatic heterocycles. The van der Waals surface area contributed by atoms with Crippen molar-refractivity contribution in [2.75, 3.05) is 13.9 Å². The average molecular weight is 362 g/mol. The second kappa shape index (κ2) is 7.14. The maximum Gasteiger partial charge on any atom is 0.168 e. The van der Waals surface area contributed by atoms with Gasteiger partial charge in [-0.1, -0.05) is 37.3 Å². The molecule has 4 nitrogen and oxygen atoms in total. The third-order valence-electron chi connectivity index (χ3n) is 5.81. The van der Waals surface area contributed by atoms with E-state index >= 15 is 0 Å². The van der Waals surface area contributed by atoms with Crippen LogP contribution in [-0.2, 0) is 25.1 Å². The van der Waals surface area contributed by atoms with Crippen LogP contribution in [0.4, 0.5) is 0 Å². The Morgan fingerprint density at radius 2 is 2.04 bits per heavy atom. The second-order valence-corrected chi connectivity index (χ2v) is 8.92. The maximum absolute atomic E-state index is 13.2. The van der Waals surface area contributed by atoms with E-state index in [1.165, 1.54) is 0 Å². The quantitative estimate of drug-likeness (QED) is 0.575. The first-order valence-corrected chi connectivity index (χ1v) is 9.92. The van der Waals surface area contributed by atoms with E-state index in [0.29, 0.717) is 6.42 Å². The van der Waals surface area contributed by atoms with Gasteiger partial charge in [0.15, 0.2) is 5.78 Å². The third-order valence-corrected chi connectivity index (χ3v) is 7.61. The molecule has 3 fully saturated rings. The van der Waals surface area contributed by atoms with Crippen LogP contribution >= 0.6 is 0 Å². The molecule has 0 aliphatic heterocycles. The predicted molar refractivity (Wildman–Crippen MR) is 97.5 cm³/mol. The number of Topliss-reactive ketones (excluding diaryl/α,β-unsaturated/α-hetero) is 1. The van der Waals surface area contributed by atoms with Crippen LogP contribution in [0.3, 0.4) is 0 Å². The van der Waals surface area contributed by atoms with Crippen molar-refractivity contribution < 1.29 is 18.5 Å². The molecule has 0 amide bonds. The van der Waals surface area contributed by atoms with Gasteiger partial charge in [-0.2, -0.15) is 0 Å². The maximum atomic E-state index is 13.2. The minimum absolute atomic E-state index is 0.0413. The van der Waals surface area contributed by atoms with Crippen LogP contribution < -0.4 is 0 Å². The molecule has 5 heteroatoms. The number of benzene rings is 1. The van der Waals surface area contributed by atoms with E-state index in [-0.39, 0.29) is 35.6 Å². The second-order valence-electron chi connectivity index (χ2n) is 7.24. The summed E-state index contributed by atoms with van der Waals surface area (Å²) in [5.74, 6) is -0.0161. The molecule has 0 radical (unpaired) electrons. The summed E-state index contributed by atoms with van der Waals surface area (Å²) < 4.78 is 24.3. The van der Waals surface area contributed by atoms with E-state index in [2.05, 4.69) is 6.58 Å². The zero-order valence-electron chi connectivity index (χ0n) is 15.1. The molecule has 0 spiro atoms. The highest BCUT2D eigenvalue weighted by Gasteiger charge is 2.62. The summed E-state index contributed by atoms with van der Waals surface area (Å²) in [6, 6.07) is 9.50. The highest BCUT2D eigenvalue weighted by Crippen LogP contribution is 2.54. The minimum Gasteiger partial charge on any atom is -0.359 e. The average Bonchev–Trinajstić information content (AvgIpc) is 2.63. The molecule has 1 aromatic rings. The number of ketones is 1. The molecule has 3 aliphatic carbocycles. The lowest BCUT2D eigenvalue weighted by Gasteiger charge is -2.56. The van der Waals surface area contributed by atoms with Crippen molar-refractivity contribution >= 4 is 16.6 Å². The fraction of sp³-hybridized carbons (Fsp3) is 0.550. The van der Waals surface area contributed by atoms with Crippen molar-refractivity contribution in [3.05, 3.63) is 42.5 Å². The summed E-state index contributed by atoms with van der Waals surface area (Å²) >= 11 is 0. The molecule has 1 unspecified atom stereocenters. The molecule has 4 rings (SSSR count). The van der Waals surface area contributed by atoms with Gasteiger partial charge in [0.2, 0.25) is 0 Å². The SMILES string of the molecule is C=C(C)[C@H]1C[C@@H]2[C@@H](C)C(=O)[C@@]1(OCOC)C[C@@H]2S(=O)c1ccccc1. The topological polar surface area (TPSA) is 52.6 Å². The number of carbonyl (C=O) groups excluding carboxylic acids is 1. The monoisotopic (exact) mass is 362 g/mol. The summed E-state index contributed by atoms with van der Waals surface area (Å²) in [6.07, 6.45) is 1.25. The summed E-state index contributed by atoms with van der Waals surface area (Å²) in [5, 5.41) is -0.0949. The standard InChI is InChI=1S/C20H26O4S/c1-13(2)17-10-16-14(3)19(21)20(17,24-12-23-4)11-18(16)25(22)15-8-6-5-7-9-15/h5-9,14,16-18H,1,10-12H2,2-4H3/t14-,16-,17-,18+,20-,25?/m1/s1. The van der Waals surface area contributed by atoms with Gasteiger partial charge in [-0.25, -0.2) is 0 Å². The normalized spacial score (nSPS) is 35.6. The van der Waals surface area contributed by atoms with Gasteiger partial charge < -0.3 is 9.47 Å². The molecule has 136 valence electrons. The van der Waals surface area contributed by atoms with E-state index in [9.17, 15) is 9.00 Å². The van der Waals surface area contributed by atoms with Crippen LogP contribution in [0.1, 0.15) is 26.7 Å². The van der Waals surface area contributed by atoms with Crippen LogP contribution in [-0.4, -0.2) is 34.7 Å². The molecular formula is C20H26O4S. The van der Waals surface area contributed by atoms with Gasteiger partial charge in [-0.05, 0) is 37.8 Å².